The number of benzene rings is 2. The summed E-state index contributed by atoms with van der Waals surface area (Å²) in [5, 5.41) is 18.9. The summed E-state index contributed by atoms with van der Waals surface area (Å²) in [7, 11) is 0. The first kappa shape index (κ1) is 11.3. The van der Waals surface area contributed by atoms with E-state index in [0.29, 0.717) is 12.2 Å². The van der Waals surface area contributed by atoms with E-state index >= 15 is 0 Å². The first-order valence-corrected chi connectivity index (χ1v) is 5.48. The zero-order chi connectivity index (χ0) is 12.1. The van der Waals surface area contributed by atoms with Gasteiger partial charge < -0.3 is 10.2 Å². The van der Waals surface area contributed by atoms with Crippen molar-refractivity contribution in [3.63, 3.8) is 0 Å². The number of aromatic hydroxyl groups is 2. The summed E-state index contributed by atoms with van der Waals surface area (Å²) >= 11 is 0. The van der Waals surface area contributed by atoms with Crippen molar-refractivity contribution in [2.75, 3.05) is 0 Å². The van der Waals surface area contributed by atoms with Gasteiger partial charge in [0.2, 0.25) is 0 Å². The van der Waals surface area contributed by atoms with E-state index in [9.17, 15) is 10.2 Å². The van der Waals surface area contributed by atoms with Gasteiger partial charge in [-0.25, -0.2) is 0 Å². The van der Waals surface area contributed by atoms with Crippen molar-refractivity contribution >= 4 is 6.08 Å². The van der Waals surface area contributed by atoms with Crippen molar-refractivity contribution in [3.8, 4) is 11.5 Å². The lowest BCUT2D eigenvalue weighted by Gasteiger charge is -1.99. The minimum absolute atomic E-state index is 0.259. The highest BCUT2D eigenvalue weighted by atomic mass is 16.3. The van der Waals surface area contributed by atoms with Crippen LogP contribution in [0.2, 0.25) is 0 Å². The topological polar surface area (TPSA) is 40.5 Å². The molecule has 0 aliphatic carbocycles. The Bertz CT molecular complexity index is 530. The first-order chi connectivity index (χ1) is 8.25. The van der Waals surface area contributed by atoms with Crippen molar-refractivity contribution in [3.05, 3.63) is 65.7 Å². The van der Waals surface area contributed by atoms with Gasteiger partial charge in [-0.15, -0.1) is 0 Å². The lowest BCUT2D eigenvalue weighted by Crippen LogP contribution is -1.81. The highest BCUT2D eigenvalue weighted by Crippen LogP contribution is 2.17. The maximum Gasteiger partial charge on any atom is 0.119 e. The quantitative estimate of drug-likeness (QED) is 0.842. The molecule has 0 bridgehead atoms. The van der Waals surface area contributed by atoms with Gasteiger partial charge in [0, 0.05) is 0 Å². The van der Waals surface area contributed by atoms with Crippen LogP contribution in [-0.2, 0) is 6.42 Å². The molecule has 0 saturated heterocycles. The molecule has 0 atom stereocenters. The summed E-state index contributed by atoms with van der Waals surface area (Å²) < 4.78 is 0. The smallest absolute Gasteiger partial charge is 0.119 e. The fourth-order valence-corrected chi connectivity index (χ4v) is 1.63. The average Bonchev–Trinajstić information content (AvgIpc) is 2.32. The summed E-state index contributed by atoms with van der Waals surface area (Å²) in [6.45, 7) is 0. The van der Waals surface area contributed by atoms with Crippen LogP contribution in [0.15, 0.2) is 54.6 Å². The molecule has 86 valence electrons. The van der Waals surface area contributed by atoms with Crippen LogP contribution in [0.5, 0.6) is 11.5 Å². The molecule has 2 aromatic carbocycles. The van der Waals surface area contributed by atoms with Crippen LogP contribution >= 0.6 is 0 Å². The molecule has 0 unspecified atom stereocenters. The molecule has 0 radical (unpaired) electrons. The Morgan fingerprint density at radius 2 is 1.76 bits per heavy atom. The van der Waals surface area contributed by atoms with Crippen LogP contribution in [0.4, 0.5) is 0 Å². The number of rotatable bonds is 3. The summed E-state index contributed by atoms with van der Waals surface area (Å²) in [6.07, 6.45) is 4.55. The first-order valence-electron chi connectivity index (χ1n) is 5.48. The predicted octanol–water partition coefficient (Wildman–Crippen LogP) is 3.35. The minimum Gasteiger partial charge on any atom is -0.508 e. The Balaban J connectivity index is 2.06. The Kier molecular flexibility index (Phi) is 3.46. The van der Waals surface area contributed by atoms with Gasteiger partial charge in [0.25, 0.3) is 0 Å². The van der Waals surface area contributed by atoms with Crippen molar-refractivity contribution in [1.29, 1.82) is 0 Å². The molecule has 0 heterocycles. The van der Waals surface area contributed by atoms with E-state index in [1.165, 1.54) is 0 Å². The van der Waals surface area contributed by atoms with E-state index in [0.717, 1.165) is 11.1 Å². The van der Waals surface area contributed by atoms with E-state index in [1.54, 1.807) is 30.3 Å². The Labute approximate surface area is 100 Å². The molecule has 0 amide bonds. The van der Waals surface area contributed by atoms with Gasteiger partial charge in [-0.3, -0.25) is 0 Å². The molecule has 17 heavy (non-hydrogen) atoms. The van der Waals surface area contributed by atoms with Gasteiger partial charge in [0.1, 0.15) is 11.5 Å². The number of hydrogen-bond acceptors (Lipinski definition) is 2. The molecule has 0 fully saturated rings. The summed E-state index contributed by atoms with van der Waals surface area (Å²) in [6, 6.07) is 14.3. The number of phenolic OH excluding ortho intramolecular Hbond substituents is 2. The maximum atomic E-state index is 9.58. The lowest BCUT2D eigenvalue weighted by molar-refractivity contribution is 0.469. The van der Waals surface area contributed by atoms with Gasteiger partial charge in [-0.2, -0.15) is 0 Å². The SMILES string of the molecule is Oc1cccc(/C=C\Cc2ccccc2O)c1. The maximum absolute atomic E-state index is 9.58. The lowest BCUT2D eigenvalue weighted by atomic mass is 10.1. The van der Waals surface area contributed by atoms with Crippen LogP contribution in [0.3, 0.4) is 0 Å². The van der Waals surface area contributed by atoms with Crippen LogP contribution in [0.1, 0.15) is 11.1 Å². The molecule has 0 aliphatic rings. The van der Waals surface area contributed by atoms with Crippen molar-refractivity contribution in [2.24, 2.45) is 0 Å². The normalized spacial score (nSPS) is 10.8. The molecule has 2 rings (SSSR count). The van der Waals surface area contributed by atoms with E-state index in [2.05, 4.69) is 0 Å². The van der Waals surface area contributed by atoms with Crippen LogP contribution in [0, 0.1) is 0 Å². The van der Waals surface area contributed by atoms with Crippen LogP contribution in [0.25, 0.3) is 6.08 Å². The summed E-state index contributed by atoms with van der Waals surface area (Å²) in [5.74, 6) is 0.572. The predicted molar refractivity (Wildman–Crippen MR) is 69.0 cm³/mol. The minimum atomic E-state index is 0.259. The standard InChI is InChI=1S/C15H14O2/c16-14-9-4-6-12(11-14)5-3-8-13-7-1-2-10-15(13)17/h1-7,9-11,16-17H,8H2/b5-3-. The van der Waals surface area contributed by atoms with Crippen LogP contribution in [-0.4, -0.2) is 10.2 Å². The highest BCUT2D eigenvalue weighted by molar-refractivity contribution is 5.52. The molecular formula is C15H14O2. The second-order valence-corrected chi connectivity index (χ2v) is 3.83. The zero-order valence-electron chi connectivity index (χ0n) is 9.38. The van der Waals surface area contributed by atoms with Gasteiger partial charge in [0.05, 0.1) is 0 Å². The number of hydrogen-bond donors (Lipinski definition) is 2. The van der Waals surface area contributed by atoms with E-state index < -0.39 is 0 Å². The van der Waals surface area contributed by atoms with Gasteiger partial charge in [-0.1, -0.05) is 42.5 Å². The van der Waals surface area contributed by atoms with E-state index in [-0.39, 0.29) is 5.75 Å². The van der Waals surface area contributed by atoms with Crippen molar-refractivity contribution < 1.29 is 10.2 Å². The molecule has 2 nitrogen and oxygen atoms in total. The molecule has 0 saturated carbocycles. The van der Waals surface area contributed by atoms with Crippen molar-refractivity contribution in [2.45, 2.75) is 6.42 Å². The third-order valence-electron chi connectivity index (χ3n) is 2.51. The third kappa shape index (κ3) is 3.11. The zero-order valence-corrected chi connectivity index (χ0v) is 9.38. The largest absolute Gasteiger partial charge is 0.508 e. The fraction of sp³-hybridized carbons (Fsp3) is 0.0667. The van der Waals surface area contributed by atoms with Gasteiger partial charge >= 0.3 is 0 Å². The second-order valence-electron chi connectivity index (χ2n) is 3.83. The third-order valence-corrected chi connectivity index (χ3v) is 2.51. The Morgan fingerprint density at radius 1 is 0.941 bits per heavy atom. The molecule has 2 heteroatoms. The highest BCUT2D eigenvalue weighted by Gasteiger charge is 1.96. The van der Waals surface area contributed by atoms with Crippen LogP contribution < -0.4 is 0 Å². The monoisotopic (exact) mass is 226 g/mol. The fourth-order valence-electron chi connectivity index (χ4n) is 1.63. The summed E-state index contributed by atoms with van der Waals surface area (Å²) in [4.78, 5) is 0. The Morgan fingerprint density at radius 3 is 2.53 bits per heavy atom. The van der Waals surface area contributed by atoms with Gasteiger partial charge in [-0.05, 0) is 35.7 Å². The number of allylic oxidation sites excluding steroid dienone is 1. The number of para-hydroxylation sites is 1. The van der Waals surface area contributed by atoms with E-state index in [4.69, 9.17) is 0 Å². The molecule has 0 aliphatic heterocycles. The average molecular weight is 226 g/mol. The van der Waals surface area contributed by atoms with Crippen molar-refractivity contribution in [1.82, 2.24) is 0 Å². The molecular weight excluding hydrogens is 212 g/mol. The Hall–Kier alpha value is -2.22. The van der Waals surface area contributed by atoms with Gasteiger partial charge in [0.15, 0.2) is 0 Å². The molecule has 0 aromatic heterocycles. The molecule has 2 aromatic rings. The van der Waals surface area contributed by atoms with E-state index in [1.807, 2.05) is 30.4 Å². The number of phenols is 2. The second kappa shape index (κ2) is 5.21. The molecule has 2 N–H and O–H groups in total. The molecule has 0 spiro atoms. The summed E-state index contributed by atoms with van der Waals surface area (Å²) in [5.41, 5.74) is 1.84.